The summed E-state index contributed by atoms with van der Waals surface area (Å²) in [7, 11) is 1.52. The van der Waals surface area contributed by atoms with E-state index in [1.807, 2.05) is 6.07 Å². The van der Waals surface area contributed by atoms with Crippen LogP contribution in [0.5, 0.6) is 11.5 Å². The minimum Gasteiger partial charge on any atom is -0.504 e. The van der Waals surface area contributed by atoms with Gasteiger partial charge in [0.25, 0.3) is 0 Å². The molecule has 0 saturated carbocycles. The van der Waals surface area contributed by atoms with E-state index in [1.165, 1.54) is 7.11 Å². The largest absolute Gasteiger partial charge is 0.504 e. The van der Waals surface area contributed by atoms with Gasteiger partial charge in [0.1, 0.15) is 0 Å². The molecular weight excluding hydrogens is 284 g/mol. The summed E-state index contributed by atoms with van der Waals surface area (Å²) in [6.07, 6.45) is 2.69. The highest BCUT2D eigenvalue weighted by Crippen LogP contribution is 2.37. The van der Waals surface area contributed by atoms with Crippen LogP contribution in [0.2, 0.25) is 0 Å². The van der Waals surface area contributed by atoms with Crippen LogP contribution < -0.4 is 16.2 Å². The molecule has 1 aromatic rings. The van der Waals surface area contributed by atoms with E-state index in [0.29, 0.717) is 17.9 Å². The van der Waals surface area contributed by atoms with Crippen molar-refractivity contribution in [3.05, 3.63) is 22.2 Å². The van der Waals surface area contributed by atoms with E-state index in [4.69, 9.17) is 16.2 Å². The Labute approximate surface area is 110 Å². The minimum absolute atomic E-state index is 0.121. The van der Waals surface area contributed by atoms with Crippen LogP contribution in [0.15, 0.2) is 16.6 Å². The average Bonchev–Trinajstić information content (AvgIpc) is 2.31. The van der Waals surface area contributed by atoms with Gasteiger partial charge in [-0.25, -0.2) is 0 Å². The molecule has 5 heteroatoms. The highest BCUT2D eigenvalue weighted by Gasteiger charge is 2.15. The van der Waals surface area contributed by atoms with E-state index in [9.17, 15) is 5.11 Å². The normalized spacial score (nSPS) is 12.5. The van der Waals surface area contributed by atoms with Crippen LogP contribution in [0, 0.1) is 0 Å². The van der Waals surface area contributed by atoms with Crippen molar-refractivity contribution in [1.82, 2.24) is 0 Å². The zero-order valence-electron chi connectivity index (χ0n) is 9.95. The van der Waals surface area contributed by atoms with Crippen LogP contribution in [-0.4, -0.2) is 18.8 Å². The number of phenolic OH excluding ortho intramolecular Hbond substituents is 1. The quantitative estimate of drug-likeness (QED) is 0.704. The number of aromatic hydroxyl groups is 1. The molecule has 0 amide bonds. The van der Waals surface area contributed by atoms with Crippen molar-refractivity contribution in [3.63, 3.8) is 0 Å². The summed E-state index contributed by atoms with van der Waals surface area (Å²) in [6.45, 7) is 0.667. The summed E-state index contributed by atoms with van der Waals surface area (Å²) in [5, 5.41) is 9.99. The molecule has 0 bridgehead atoms. The van der Waals surface area contributed by atoms with Crippen LogP contribution in [0.4, 0.5) is 0 Å². The van der Waals surface area contributed by atoms with E-state index in [0.717, 1.165) is 23.7 Å². The number of ether oxygens (including phenoxy) is 1. The van der Waals surface area contributed by atoms with Crippen molar-refractivity contribution < 1.29 is 9.84 Å². The lowest BCUT2D eigenvalue weighted by Gasteiger charge is -2.16. The third-order valence-electron chi connectivity index (χ3n) is 2.66. The minimum atomic E-state index is -0.201. The maximum Gasteiger partial charge on any atom is 0.162 e. The van der Waals surface area contributed by atoms with Gasteiger partial charge in [-0.05, 0) is 31.5 Å². The van der Waals surface area contributed by atoms with Crippen LogP contribution in [0.3, 0.4) is 0 Å². The van der Waals surface area contributed by atoms with Crippen molar-refractivity contribution >= 4 is 15.9 Å². The maximum absolute atomic E-state index is 9.99. The highest BCUT2D eigenvalue weighted by atomic mass is 79.9. The Morgan fingerprint density at radius 2 is 2.12 bits per heavy atom. The van der Waals surface area contributed by atoms with Gasteiger partial charge >= 0.3 is 0 Å². The monoisotopic (exact) mass is 302 g/mol. The van der Waals surface area contributed by atoms with Crippen molar-refractivity contribution in [2.45, 2.75) is 25.3 Å². The van der Waals surface area contributed by atoms with Crippen molar-refractivity contribution in [2.75, 3.05) is 13.7 Å². The Bertz CT molecular complexity index is 372. The zero-order valence-corrected chi connectivity index (χ0v) is 11.5. The van der Waals surface area contributed by atoms with Gasteiger partial charge in [-0.2, -0.15) is 0 Å². The molecule has 0 aliphatic rings. The predicted octanol–water partition coefficient (Wildman–Crippen LogP) is 2.29. The van der Waals surface area contributed by atoms with Crippen LogP contribution in [-0.2, 0) is 0 Å². The first kappa shape index (κ1) is 14.3. The number of benzene rings is 1. The molecule has 1 atom stereocenters. The van der Waals surface area contributed by atoms with Gasteiger partial charge in [0.15, 0.2) is 11.5 Å². The van der Waals surface area contributed by atoms with E-state index >= 15 is 0 Å². The Morgan fingerprint density at radius 1 is 1.41 bits per heavy atom. The van der Waals surface area contributed by atoms with Crippen LogP contribution in [0.25, 0.3) is 0 Å². The summed E-state index contributed by atoms with van der Waals surface area (Å²) < 4.78 is 5.93. The number of phenols is 1. The molecule has 1 rings (SSSR count). The van der Waals surface area contributed by atoms with E-state index < -0.39 is 0 Å². The fourth-order valence-electron chi connectivity index (χ4n) is 1.70. The summed E-state index contributed by atoms with van der Waals surface area (Å²) in [5.74, 6) is 0.555. The molecule has 0 fully saturated rings. The number of halogens is 1. The second kappa shape index (κ2) is 6.83. The van der Waals surface area contributed by atoms with Crippen molar-refractivity contribution in [3.8, 4) is 11.5 Å². The Morgan fingerprint density at radius 3 is 2.71 bits per heavy atom. The SMILES string of the molecule is COc1cc(Br)cc([C@@H](N)CCCCN)c1O. The molecule has 96 valence electrons. The van der Waals surface area contributed by atoms with Gasteiger partial charge in [-0.3, -0.25) is 0 Å². The Kier molecular flexibility index (Phi) is 5.74. The third kappa shape index (κ3) is 3.87. The first-order valence-electron chi connectivity index (χ1n) is 5.62. The van der Waals surface area contributed by atoms with Crippen LogP contribution >= 0.6 is 15.9 Å². The smallest absolute Gasteiger partial charge is 0.162 e. The van der Waals surface area contributed by atoms with Crippen LogP contribution in [0.1, 0.15) is 30.9 Å². The molecule has 17 heavy (non-hydrogen) atoms. The van der Waals surface area contributed by atoms with Gasteiger partial charge in [0, 0.05) is 16.1 Å². The number of hydrogen-bond donors (Lipinski definition) is 3. The maximum atomic E-state index is 9.99. The van der Waals surface area contributed by atoms with E-state index in [1.54, 1.807) is 6.07 Å². The number of nitrogens with two attached hydrogens (primary N) is 2. The number of methoxy groups -OCH3 is 1. The van der Waals surface area contributed by atoms with Gasteiger partial charge in [-0.15, -0.1) is 0 Å². The fraction of sp³-hybridized carbons (Fsp3) is 0.500. The summed E-state index contributed by atoms with van der Waals surface area (Å²) in [5.41, 5.74) is 12.2. The molecule has 4 nitrogen and oxygen atoms in total. The second-order valence-corrected chi connectivity index (χ2v) is 4.85. The molecule has 0 saturated heterocycles. The molecule has 0 heterocycles. The topological polar surface area (TPSA) is 81.5 Å². The summed E-state index contributed by atoms with van der Waals surface area (Å²) in [4.78, 5) is 0. The molecule has 0 aliphatic carbocycles. The molecule has 0 aliphatic heterocycles. The first-order chi connectivity index (χ1) is 8.10. The molecule has 0 unspecified atom stereocenters. The summed E-state index contributed by atoms with van der Waals surface area (Å²) >= 11 is 3.37. The Balaban J connectivity index is 2.84. The average molecular weight is 303 g/mol. The zero-order chi connectivity index (χ0) is 12.8. The van der Waals surface area contributed by atoms with Gasteiger partial charge in [-0.1, -0.05) is 22.4 Å². The standard InChI is InChI=1S/C12H19BrN2O2/c1-17-11-7-8(13)6-9(12(11)16)10(15)4-2-3-5-14/h6-7,10,16H,2-5,14-15H2,1H3/t10-/m0/s1. The van der Waals surface area contributed by atoms with Gasteiger partial charge in [0.05, 0.1) is 7.11 Å². The lowest BCUT2D eigenvalue weighted by Crippen LogP contribution is -2.11. The lowest BCUT2D eigenvalue weighted by atomic mass is 10.0. The summed E-state index contributed by atoms with van der Waals surface area (Å²) in [6, 6.07) is 3.34. The first-order valence-corrected chi connectivity index (χ1v) is 6.41. The number of hydrogen-bond acceptors (Lipinski definition) is 4. The molecule has 0 radical (unpaired) electrons. The fourth-order valence-corrected chi connectivity index (χ4v) is 2.15. The van der Waals surface area contributed by atoms with Crippen molar-refractivity contribution in [1.29, 1.82) is 0 Å². The molecule has 0 aromatic heterocycles. The van der Waals surface area contributed by atoms with Gasteiger partial charge < -0.3 is 21.3 Å². The Hall–Kier alpha value is -0.780. The number of rotatable bonds is 6. The number of unbranched alkanes of at least 4 members (excludes halogenated alkanes) is 1. The van der Waals surface area contributed by atoms with E-state index in [2.05, 4.69) is 15.9 Å². The second-order valence-electron chi connectivity index (χ2n) is 3.94. The molecule has 0 spiro atoms. The van der Waals surface area contributed by atoms with E-state index in [-0.39, 0.29) is 11.8 Å². The third-order valence-corrected chi connectivity index (χ3v) is 3.12. The predicted molar refractivity (Wildman–Crippen MR) is 72.2 cm³/mol. The lowest BCUT2D eigenvalue weighted by molar-refractivity contribution is 0.367. The molecular formula is C12H19BrN2O2. The highest BCUT2D eigenvalue weighted by molar-refractivity contribution is 9.10. The molecule has 1 aromatic carbocycles. The molecule has 5 N–H and O–H groups in total. The van der Waals surface area contributed by atoms with Gasteiger partial charge in [0.2, 0.25) is 0 Å². The van der Waals surface area contributed by atoms with Crippen molar-refractivity contribution in [2.24, 2.45) is 11.5 Å².